The number of aryl methyl sites for hydroxylation is 1. The summed E-state index contributed by atoms with van der Waals surface area (Å²) in [6.45, 7) is 3.30. The lowest BCUT2D eigenvalue weighted by molar-refractivity contribution is 0.284. The maximum Gasteiger partial charge on any atom is 0.243 e. The van der Waals surface area contributed by atoms with Crippen LogP contribution >= 0.6 is 11.6 Å². The zero-order valence-electron chi connectivity index (χ0n) is 14.9. The van der Waals surface area contributed by atoms with Crippen LogP contribution in [0.25, 0.3) is 0 Å². The Morgan fingerprint density at radius 3 is 2.67 bits per heavy atom. The van der Waals surface area contributed by atoms with Crippen molar-refractivity contribution in [2.24, 2.45) is 0 Å². The fourth-order valence-electron chi connectivity index (χ4n) is 2.45. The molecular formula is C18H19ClFN5O2. The van der Waals surface area contributed by atoms with Crippen LogP contribution in [-0.4, -0.2) is 27.3 Å². The van der Waals surface area contributed by atoms with Crippen molar-refractivity contribution in [2.75, 3.05) is 12.4 Å². The van der Waals surface area contributed by atoms with Gasteiger partial charge >= 0.3 is 0 Å². The Balaban J connectivity index is 1.71. The van der Waals surface area contributed by atoms with Crippen LogP contribution in [0.15, 0.2) is 36.4 Å². The first-order chi connectivity index (χ1) is 13.1. The highest BCUT2D eigenvalue weighted by molar-refractivity contribution is 6.31. The number of anilines is 1. The van der Waals surface area contributed by atoms with Crippen LogP contribution in [0.2, 0.25) is 5.02 Å². The molecule has 0 radical (unpaired) electrons. The quantitative estimate of drug-likeness (QED) is 0.631. The molecule has 0 bridgehead atoms. The molecule has 7 nitrogen and oxygen atoms in total. The monoisotopic (exact) mass is 391 g/mol. The van der Waals surface area contributed by atoms with Gasteiger partial charge in [0.15, 0.2) is 11.5 Å². The van der Waals surface area contributed by atoms with E-state index in [9.17, 15) is 4.39 Å². The zero-order valence-corrected chi connectivity index (χ0v) is 15.7. The third kappa shape index (κ3) is 4.65. The molecule has 0 aliphatic rings. The van der Waals surface area contributed by atoms with Crippen LogP contribution in [0.4, 0.5) is 10.3 Å². The summed E-state index contributed by atoms with van der Waals surface area (Å²) in [6, 6.07) is 9.61. The standard InChI is InChI=1S/C18H19ClFN5O2/c1-3-25-18(22-23-24-25)21-10-13-8-16(26-2)17(9-15(13)19)27-11-12-4-6-14(20)7-5-12/h4-9H,3,10-11H2,1-2H3,(H,21,22,24). The van der Waals surface area contributed by atoms with E-state index in [0.717, 1.165) is 11.1 Å². The molecule has 3 rings (SSSR count). The molecule has 27 heavy (non-hydrogen) atoms. The summed E-state index contributed by atoms with van der Waals surface area (Å²) >= 11 is 6.39. The van der Waals surface area contributed by atoms with Gasteiger partial charge in [0.05, 0.1) is 7.11 Å². The minimum atomic E-state index is -0.287. The third-order valence-electron chi connectivity index (χ3n) is 3.91. The first-order valence-corrected chi connectivity index (χ1v) is 8.72. The van der Waals surface area contributed by atoms with Gasteiger partial charge in [-0.2, -0.15) is 0 Å². The van der Waals surface area contributed by atoms with Crippen LogP contribution in [0.3, 0.4) is 0 Å². The number of hydrogen-bond acceptors (Lipinski definition) is 6. The van der Waals surface area contributed by atoms with Crippen LogP contribution in [0.1, 0.15) is 18.1 Å². The predicted molar refractivity (Wildman–Crippen MR) is 99.6 cm³/mol. The van der Waals surface area contributed by atoms with E-state index in [0.29, 0.717) is 35.6 Å². The molecule has 0 saturated heterocycles. The predicted octanol–water partition coefficient (Wildman–Crippen LogP) is 3.69. The van der Waals surface area contributed by atoms with Crippen molar-refractivity contribution in [3.63, 3.8) is 0 Å². The first-order valence-electron chi connectivity index (χ1n) is 8.34. The zero-order chi connectivity index (χ0) is 19.2. The molecule has 9 heteroatoms. The van der Waals surface area contributed by atoms with Gasteiger partial charge in [-0.05, 0) is 46.7 Å². The van der Waals surface area contributed by atoms with Gasteiger partial charge in [0.1, 0.15) is 12.4 Å². The topological polar surface area (TPSA) is 74.1 Å². The third-order valence-corrected chi connectivity index (χ3v) is 4.26. The molecule has 2 aromatic carbocycles. The molecule has 1 N–H and O–H groups in total. The van der Waals surface area contributed by atoms with E-state index in [1.165, 1.54) is 12.1 Å². The Morgan fingerprint density at radius 1 is 1.19 bits per heavy atom. The van der Waals surface area contributed by atoms with E-state index in [2.05, 4.69) is 20.8 Å². The van der Waals surface area contributed by atoms with Gasteiger partial charge in [0.25, 0.3) is 0 Å². The van der Waals surface area contributed by atoms with E-state index in [1.807, 2.05) is 6.92 Å². The fourth-order valence-corrected chi connectivity index (χ4v) is 2.67. The van der Waals surface area contributed by atoms with Crippen molar-refractivity contribution in [1.29, 1.82) is 0 Å². The second-order valence-electron chi connectivity index (χ2n) is 5.68. The van der Waals surface area contributed by atoms with Crippen molar-refractivity contribution in [2.45, 2.75) is 26.6 Å². The molecular weight excluding hydrogens is 373 g/mol. The summed E-state index contributed by atoms with van der Waals surface area (Å²) < 4.78 is 25.8. The second kappa shape index (κ2) is 8.68. The summed E-state index contributed by atoms with van der Waals surface area (Å²) in [6.07, 6.45) is 0. The Bertz CT molecular complexity index is 901. The van der Waals surface area contributed by atoms with E-state index in [4.69, 9.17) is 21.1 Å². The minimum Gasteiger partial charge on any atom is -0.493 e. The normalized spacial score (nSPS) is 10.7. The molecule has 1 aromatic heterocycles. The molecule has 0 aliphatic heterocycles. The van der Waals surface area contributed by atoms with Crippen molar-refractivity contribution < 1.29 is 13.9 Å². The number of rotatable bonds is 8. The number of tetrazole rings is 1. The van der Waals surface area contributed by atoms with Crippen molar-refractivity contribution in [3.05, 3.63) is 58.4 Å². The lowest BCUT2D eigenvalue weighted by Crippen LogP contribution is -2.08. The van der Waals surface area contributed by atoms with E-state index in [1.54, 1.807) is 36.1 Å². The van der Waals surface area contributed by atoms with Crippen LogP contribution in [-0.2, 0) is 19.7 Å². The van der Waals surface area contributed by atoms with Crippen LogP contribution in [0.5, 0.6) is 11.5 Å². The number of methoxy groups -OCH3 is 1. The minimum absolute atomic E-state index is 0.274. The average Bonchev–Trinajstić information content (AvgIpc) is 3.14. The fraction of sp³-hybridized carbons (Fsp3) is 0.278. The Morgan fingerprint density at radius 2 is 1.96 bits per heavy atom. The maximum absolute atomic E-state index is 13.0. The van der Waals surface area contributed by atoms with Crippen molar-refractivity contribution in [3.8, 4) is 11.5 Å². The number of ether oxygens (including phenoxy) is 2. The number of benzene rings is 2. The molecule has 0 spiro atoms. The van der Waals surface area contributed by atoms with E-state index >= 15 is 0 Å². The van der Waals surface area contributed by atoms with Gasteiger partial charge < -0.3 is 14.8 Å². The largest absolute Gasteiger partial charge is 0.493 e. The molecule has 0 amide bonds. The van der Waals surface area contributed by atoms with Crippen molar-refractivity contribution >= 4 is 17.5 Å². The number of halogens is 2. The van der Waals surface area contributed by atoms with Gasteiger partial charge in [-0.25, -0.2) is 9.07 Å². The number of nitrogens with one attached hydrogen (secondary N) is 1. The molecule has 0 unspecified atom stereocenters. The van der Waals surface area contributed by atoms with Gasteiger partial charge in [-0.3, -0.25) is 0 Å². The number of nitrogens with zero attached hydrogens (tertiary/aromatic N) is 4. The highest BCUT2D eigenvalue weighted by atomic mass is 35.5. The second-order valence-corrected chi connectivity index (χ2v) is 6.09. The van der Waals surface area contributed by atoms with Gasteiger partial charge in [0, 0.05) is 24.2 Å². The summed E-state index contributed by atoms with van der Waals surface area (Å²) in [5, 5.41) is 15.1. The van der Waals surface area contributed by atoms with Gasteiger partial charge in [0.2, 0.25) is 5.95 Å². The number of hydrogen-bond donors (Lipinski definition) is 1. The Hall–Kier alpha value is -2.87. The summed E-state index contributed by atoms with van der Waals surface area (Å²) in [4.78, 5) is 0. The van der Waals surface area contributed by atoms with Gasteiger partial charge in [-0.15, -0.1) is 0 Å². The number of aromatic nitrogens is 4. The summed E-state index contributed by atoms with van der Waals surface area (Å²) in [5.41, 5.74) is 1.65. The lowest BCUT2D eigenvalue weighted by atomic mass is 10.2. The van der Waals surface area contributed by atoms with E-state index in [-0.39, 0.29) is 12.4 Å². The Labute approximate surface area is 161 Å². The molecule has 0 fully saturated rings. The molecule has 0 atom stereocenters. The Kier molecular flexibility index (Phi) is 6.08. The highest BCUT2D eigenvalue weighted by Crippen LogP contribution is 2.34. The van der Waals surface area contributed by atoms with E-state index < -0.39 is 0 Å². The maximum atomic E-state index is 13.0. The molecule has 1 heterocycles. The summed E-state index contributed by atoms with van der Waals surface area (Å²) in [5.74, 6) is 1.33. The average molecular weight is 392 g/mol. The smallest absolute Gasteiger partial charge is 0.243 e. The molecule has 142 valence electrons. The van der Waals surface area contributed by atoms with Crippen LogP contribution in [0, 0.1) is 5.82 Å². The summed E-state index contributed by atoms with van der Waals surface area (Å²) in [7, 11) is 1.56. The van der Waals surface area contributed by atoms with Crippen molar-refractivity contribution in [1.82, 2.24) is 20.2 Å². The lowest BCUT2D eigenvalue weighted by Gasteiger charge is -2.14. The first kappa shape index (κ1) is 18.9. The molecule has 0 aliphatic carbocycles. The van der Waals surface area contributed by atoms with Crippen LogP contribution < -0.4 is 14.8 Å². The van der Waals surface area contributed by atoms with Gasteiger partial charge in [-0.1, -0.05) is 28.8 Å². The molecule has 0 saturated carbocycles. The SMILES string of the molecule is CCn1nnnc1NCc1cc(OC)c(OCc2ccc(F)cc2)cc1Cl. The highest BCUT2D eigenvalue weighted by Gasteiger charge is 2.12. The molecule has 3 aromatic rings.